The highest BCUT2D eigenvalue weighted by molar-refractivity contribution is 5.97. The smallest absolute Gasteiger partial charge is 0.262 e. The van der Waals surface area contributed by atoms with Crippen LogP contribution in [0.3, 0.4) is 0 Å². The minimum atomic E-state index is -0.271. The maximum atomic E-state index is 12.1. The number of carbonyl (C=O) groups excluding carboxylic acids is 2. The Morgan fingerprint density at radius 1 is 1.04 bits per heavy atom. The number of ether oxygens (including phenoxy) is 1. The van der Waals surface area contributed by atoms with Crippen molar-refractivity contribution in [2.24, 2.45) is 0 Å². The van der Waals surface area contributed by atoms with E-state index >= 15 is 0 Å². The fraction of sp³-hybridized carbons (Fsp3) is 0.333. The molecule has 0 spiro atoms. The Bertz CT molecular complexity index is 751. The number of amides is 2. The van der Waals surface area contributed by atoms with Crippen molar-refractivity contribution in [2.45, 2.75) is 33.6 Å². The monoisotopic (exact) mass is 354 g/mol. The third-order valence-electron chi connectivity index (χ3n) is 3.79. The quantitative estimate of drug-likeness (QED) is 0.708. The number of rotatable bonds is 8. The predicted octanol–water partition coefficient (Wildman–Crippen LogP) is 3.85. The van der Waals surface area contributed by atoms with E-state index < -0.39 is 0 Å². The van der Waals surface area contributed by atoms with Gasteiger partial charge in [0, 0.05) is 17.8 Å². The Balaban J connectivity index is 1.90. The summed E-state index contributed by atoms with van der Waals surface area (Å²) >= 11 is 0. The summed E-state index contributed by atoms with van der Waals surface area (Å²) in [6.07, 6.45) is 1.97. The SMILES string of the molecule is CCCCNC(=O)c1cccc(NC(=O)COc2cc(C)cc(C)c2)c1. The van der Waals surface area contributed by atoms with Crippen molar-refractivity contribution in [3.63, 3.8) is 0 Å². The van der Waals surface area contributed by atoms with Crippen molar-refractivity contribution in [1.82, 2.24) is 5.32 Å². The second-order valence-electron chi connectivity index (χ2n) is 6.35. The molecule has 0 aromatic heterocycles. The first kappa shape index (κ1) is 19.5. The summed E-state index contributed by atoms with van der Waals surface area (Å²) in [6, 6.07) is 12.7. The number of nitrogens with one attached hydrogen (secondary N) is 2. The summed E-state index contributed by atoms with van der Waals surface area (Å²) in [4.78, 5) is 24.2. The third kappa shape index (κ3) is 6.24. The summed E-state index contributed by atoms with van der Waals surface area (Å²) in [5.74, 6) is 0.260. The van der Waals surface area contributed by atoms with E-state index in [1.54, 1.807) is 24.3 Å². The van der Waals surface area contributed by atoms with Crippen LogP contribution in [0.1, 0.15) is 41.3 Å². The van der Waals surface area contributed by atoms with E-state index in [4.69, 9.17) is 4.74 Å². The molecule has 0 fully saturated rings. The van der Waals surface area contributed by atoms with Crippen LogP contribution in [0.2, 0.25) is 0 Å². The number of anilines is 1. The number of benzene rings is 2. The van der Waals surface area contributed by atoms with Gasteiger partial charge in [-0.15, -0.1) is 0 Å². The van der Waals surface area contributed by atoms with Gasteiger partial charge in [-0.2, -0.15) is 0 Å². The van der Waals surface area contributed by atoms with Gasteiger partial charge in [0.15, 0.2) is 6.61 Å². The van der Waals surface area contributed by atoms with E-state index in [1.165, 1.54) is 0 Å². The molecule has 26 heavy (non-hydrogen) atoms. The van der Waals surface area contributed by atoms with E-state index in [-0.39, 0.29) is 18.4 Å². The molecule has 2 amide bonds. The summed E-state index contributed by atoms with van der Waals surface area (Å²) in [7, 11) is 0. The summed E-state index contributed by atoms with van der Waals surface area (Å²) in [6.45, 7) is 6.60. The Morgan fingerprint density at radius 3 is 2.46 bits per heavy atom. The summed E-state index contributed by atoms with van der Waals surface area (Å²) in [5, 5.41) is 5.62. The largest absolute Gasteiger partial charge is 0.484 e. The number of unbranched alkanes of at least 4 members (excludes halogenated alkanes) is 1. The first-order valence-corrected chi connectivity index (χ1v) is 8.87. The van der Waals surface area contributed by atoms with Crippen LogP contribution in [0.15, 0.2) is 42.5 Å². The zero-order valence-electron chi connectivity index (χ0n) is 15.6. The van der Waals surface area contributed by atoms with Crippen molar-refractivity contribution >= 4 is 17.5 Å². The van der Waals surface area contributed by atoms with Crippen LogP contribution in [-0.2, 0) is 4.79 Å². The van der Waals surface area contributed by atoms with Gasteiger partial charge in [-0.25, -0.2) is 0 Å². The highest BCUT2D eigenvalue weighted by Gasteiger charge is 2.08. The van der Waals surface area contributed by atoms with E-state index in [2.05, 4.69) is 17.6 Å². The second kappa shape index (κ2) is 9.61. The Morgan fingerprint density at radius 2 is 1.77 bits per heavy atom. The molecule has 0 aliphatic carbocycles. The van der Waals surface area contributed by atoms with Crippen LogP contribution in [0.4, 0.5) is 5.69 Å². The van der Waals surface area contributed by atoms with Crippen LogP contribution in [0.5, 0.6) is 5.75 Å². The fourth-order valence-electron chi connectivity index (χ4n) is 2.58. The van der Waals surface area contributed by atoms with Gasteiger partial charge in [0.2, 0.25) is 0 Å². The molecule has 0 atom stereocenters. The van der Waals surface area contributed by atoms with Gasteiger partial charge in [-0.1, -0.05) is 25.5 Å². The molecule has 0 radical (unpaired) electrons. The number of carbonyl (C=O) groups is 2. The average molecular weight is 354 g/mol. The fourth-order valence-corrected chi connectivity index (χ4v) is 2.58. The molecule has 0 saturated heterocycles. The molecule has 0 saturated carbocycles. The molecule has 5 heteroatoms. The van der Waals surface area contributed by atoms with Crippen LogP contribution in [0.25, 0.3) is 0 Å². The lowest BCUT2D eigenvalue weighted by Crippen LogP contribution is -2.25. The van der Waals surface area contributed by atoms with Crippen molar-refractivity contribution in [3.8, 4) is 5.75 Å². The number of hydrogen-bond donors (Lipinski definition) is 2. The van der Waals surface area contributed by atoms with Crippen molar-refractivity contribution in [1.29, 1.82) is 0 Å². The van der Waals surface area contributed by atoms with E-state index in [9.17, 15) is 9.59 Å². The van der Waals surface area contributed by atoms with E-state index in [1.807, 2.05) is 32.0 Å². The van der Waals surface area contributed by atoms with E-state index in [0.29, 0.717) is 23.5 Å². The molecule has 2 rings (SSSR count). The molecular formula is C21H26N2O3. The molecule has 0 unspecified atom stereocenters. The maximum absolute atomic E-state index is 12.1. The molecule has 5 nitrogen and oxygen atoms in total. The Hall–Kier alpha value is -2.82. The van der Waals surface area contributed by atoms with Crippen molar-refractivity contribution in [3.05, 3.63) is 59.2 Å². The van der Waals surface area contributed by atoms with Crippen LogP contribution in [-0.4, -0.2) is 25.0 Å². The van der Waals surface area contributed by atoms with E-state index in [0.717, 1.165) is 24.0 Å². The molecule has 2 aromatic carbocycles. The van der Waals surface area contributed by atoms with Gasteiger partial charge < -0.3 is 15.4 Å². The zero-order valence-corrected chi connectivity index (χ0v) is 15.6. The van der Waals surface area contributed by atoms with Gasteiger partial charge >= 0.3 is 0 Å². The van der Waals surface area contributed by atoms with Gasteiger partial charge in [-0.3, -0.25) is 9.59 Å². The zero-order chi connectivity index (χ0) is 18.9. The minimum Gasteiger partial charge on any atom is -0.484 e. The Labute approximate surface area is 154 Å². The molecule has 0 bridgehead atoms. The minimum absolute atomic E-state index is 0.0875. The lowest BCUT2D eigenvalue weighted by Gasteiger charge is -2.10. The second-order valence-corrected chi connectivity index (χ2v) is 6.35. The van der Waals surface area contributed by atoms with Crippen molar-refractivity contribution in [2.75, 3.05) is 18.5 Å². The average Bonchev–Trinajstić information content (AvgIpc) is 2.59. The number of hydrogen-bond acceptors (Lipinski definition) is 3. The highest BCUT2D eigenvalue weighted by Crippen LogP contribution is 2.16. The molecule has 2 aromatic rings. The molecular weight excluding hydrogens is 328 g/mol. The van der Waals surface area contributed by atoms with Crippen LogP contribution in [0, 0.1) is 13.8 Å². The van der Waals surface area contributed by atoms with Crippen LogP contribution >= 0.6 is 0 Å². The topological polar surface area (TPSA) is 67.4 Å². The van der Waals surface area contributed by atoms with Gasteiger partial charge in [0.05, 0.1) is 0 Å². The van der Waals surface area contributed by atoms with Crippen molar-refractivity contribution < 1.29 is 14.3 Å². The Kier molecular flexibility index (Phi) is 7.21. The van der Waals surface area contributed by atoms with Gasteiger partial charge in [0.1, 0.15) is 5.75 Å². The maximum Gasteiger partial charge on any atom is 0.262 e. The normalized spacial score (nSPS) is 10.3. The first-order valence-electron chi connectivity index (χ1n) is 8.87. The molecule has 0 heterocycles. The lowest BCUT2D eigenvalue weighted by atomic mass is 10.1. The molecule has 138 valence electrons. The third-order valence-corrected chi connectivity index (χ3v) is 3.79. The first-order chi connectivity index (χ1) is 12.5. The molecule has 0 aliphatic rings. The van der Waals surface area contributed by atoms with Gasteiger partial charge in [-0.05, 0) is 61.7 Å². The highest BCUT2D eigenvalue weighted by atomic mass is 16.5. The summed E-state index contributed by atoms with van der Waals surface area (Å²) in [5.41, 5.74) is 3.26. The number of aryl methyl sites for hydroxylation is 2. The van der Waals surface area contributed by atoms with Crippen LogP contribution < -0.4 is 15.4 Å². The molecule has 2 N–H and O–H groups in total. The lowest BCUT2D eigenvalue weighted by molar-refractivity contribution is -0.118. The van der Waals surface area contributed by atoms with Gasteiger partial charge in [0.25, 0.3) is 11.8 Å². The summed E-state index contributed by atoms with van der Waals surface area (Å²) < 4.78 is 5.55. The predicted molar refractivity (Wildman–Crippen MR) is 104 cm³/mol. The molecule has 0 aliphatic heterocycles. The standard InChI is InChI=1S/C21H26N2O3/c1-4-5-9-22-21(25)17-7-6-8-18(13-17)23-20(24)14-26-19-11-15(2)10-16(3)12-19/h6-8,10-13H,4-5,9,14H2,1-3H3,(H,22,25)(H,23,24).